The maximum Gasteiger partial charge on any atom is 0.274 e. The summed E-state index contributed by atoms with van der Waals surface area (Å²) in [6, 6.07) is 8.45. The molecule has 0 saturated carbocycles. The van der Waals surface area contributed by atoms with E-state index in [2.05, 4.69) is 39.7 Å². The number of nitrogens with zero attached hydrogens (tertiary/aromatic N) is 5. The zero-order chi connectivity index (χ0) is 25.1. The molecule has 0 atom stereocenters. The molecule has 4 rings (SSSR count). The Morgan fingerprint density at radius 2 is 1.97 bits per heavy atom. The maximum absolute atomic E-state index is 13.5. The molecule has 0 fully saturated rings. The topological polar surface area (TPSA) is 115 Å². The summed E-state index contributed by atoms with van der Waals surface area (Å²) in [5.41, 5.74) is 2.15. The Morgan fingerprint density at radius 1 is 1.17 bits per heavy atom. The molecule has 0 aliphatic rings. The number of aromatic nitrogens is 5. The minimum absolute atomic E-state index is 0.133. The molecule has 2 amide bonds. The van der Waals surface area contributed by atoms with Gasteiger partial charge in [0, 0.05) is 18.8 Å². The lowest BCUT2D eigenvalue weighted by Gasteiger charge is -2.16. The summed E-state index contributed by atoms with van der Waals surface area (Å²) in [7, 11) is 1.45. The third kappa shape index (κ3) is 4.97. The van der Waals surface area contributed by atoms with Crippen molar-refractivity contribution in [2.24, 2.45) is 5.92 Å². The number of hydrogen-bond acceptors (Lipinski definition) is 6. The second-order valence-corrected chi connectivity index (χ2v) is 8.81. The number of pyridine rings is 2. The van der Waals surface area contributed by atoms with Crippen LogP contribution in [0.1, 0.15) is 46.8 Å². The Bertz CT molecular complexity index is 1390. The van der Waals surface area contributed by atoms with Crippen molar-refractivity contribution in [2.45, 2.75) is 27.2 Å². The fraction of sp³-hybridized carbons (Fsp3) is 0.292. The number of methoxy groups -OCH3 is 1. The molecule has 0 spiro atoms. The molecule has 0 aromatic carbocycles. The van der Waals surface area contributed by atoms with Gasteiger partial charge in [-0.15, -0.1) is 5.10 Å². The summed E-state index contributed by atoms with van der Waals surface area (Å²) in [5, 5.41) is 14.7. The molecule has 182 valence electrons. The van der Waals surface area contributed by atoms with Gasteiger partial charge in [0.15, 0.2) is 11.5 Å². The Kier molecular flexibility index (Phi) is 7.02. The first kappa shape index (κ1) is 24.2. The predicted octanol–water partition coefficient (Wildman–Crippen LogP) is 3.91. The first-order chi connectivity index (χ1) is 16.8. The summed E-state index contributed by atoms with van der Waals surface area (Å²) in [6.07, 6.45) is 3.98. The molecule has 0 radical (unpaired) electrons. The van der Waals surface area contributed by atoms with Crippen LogP contribution in [0.3, 0.4) is 0 Å². The zero-order valence-electron chi connectivity index (χ0n) is 19.9. The van der Waals surface area contributed by atoms with E-state index >= 15 is 0 Å². The van der Waals surface area contributed by atoms with Gasteiger partial charge in [-0.25, -0.2) is 14.2 Å². The van der Waals surface area contributed by atoms with Gasteiger partial charge < -0.3 is 15.4 Å². The predicted molar refractivity (Wildman–Crippen MR) is 133 cm³/mol. The molecule has 2 N–H and O–H groups in total. The minimum Gasteiger partial charge on any atom is -0.480 e. The van der Waals surface area contributed by atoms with Crippen molar-refractivity contribution >= 4 is 34.6 Å². The maximum atomic E-state index is 13.5. The van der Waals surface area contributed by atoms with Gasteiger partial charge in [-0.1, -0.05) is 25.4 Å². The Balaban J connectivity index is 1.75. The van der Waals surface area contributed by atoms with E-state index in [1.54, 1.807) is 30.6 Å². The third-order valence-electron chi connectivity index (χ3n) is 5.41. The van der Waals surface area contributed by atoms with Crippen LogP contribution in [0.25, 0.3) is 11.3 Å². The summed E-state index contributed by atoms with van der Waals surface area (Å²) in [4.78, 5) is 31.0. The molecule has 0 aliphatic heterocycles. The number of carbonyl (C=O) groups is 2. The van der Waals surface area contributed by atoms with E-state index in [1.165, 1.54) is 22.4 Å². The van der Waals surface area contributed by atoms with Crippen LogP contribution in [0.2, 0.25) is 5.02 Å². The van der Waals surface area contributed by atoms with Gasteiger partial charge in [-0.05, 0) is 49.1 Å². The number of ether oxygens (including phenoxy) is 1. The largest absolute Gasteiger partial charge is 0.480 e. The number of anilines is 1. The van der Waals surface area contributed by atoms with E-state index in [-0.39, 0.29) is 29.0 Å². The number of amides is 2. The summed E-state index contributed by atoms with van der Waals surface area (Å²) in [6.45, 7) is 6.49. The molecule has 10 nitrogen and oxygen atoms in total. The lowest BCUT2D eigenvalue weighted by molar-refractivity contribution is 0.0945. The summed E-state index contributed by atoms with van der Waals surface area (Å²) >= 11 is 6.30. The second kappa shape index (κ2) is 10.1. The van der Waals surface area contributed by atoms with Crippen LogP contribution in [-0.4, -0.2) is 49.8 Å². The van der Waals surface area contributed by atoms with E-state index in [0.29, 0.717) is 28.7 Å². The molecule has 0 aliphatic carbocycles. The Labute approximate surface area is 207 Å². The van der Waals surface area contributed by atoms with E-state index in [1.807, 2.05) is 13.0 Å². The molecular formula is C24H26ClN7O3. The molecule has 35 heavy (non-hydrogen) atoms. The average Bonchev–Trinajstić information content (AvgIpc) is 3.46. The van der Waals surface area contributed by atoms with Crippen LogP contribution in [0, 0.1) is 12.8 Å². The fourth-order valence-electron chi connectivity index (χ4n) is 3.62. The van der Waals surface area contributed by atoms with Crippen LogP contribution in [-0.2, 0) is 0 Å². The van der Waals surface area contributed by atoms with Gasteiger partial charge in [-0.3, -0.25) is 9.59 Å². The standard InChI is InChI=1S/C24H26ClN7O3/c1-14(2)7-10-27-24(34)21-20(15(3)12-16-8-11-28-31(16)21)29-23(33)18-13-19(35-4)30-32(18)22-17(25)6-5-9-26-22/h5-6,8-9,11-14H,7,10H2,1-4H3,(H,27,34)(H,29,33). The van der Waals surface area contributed by atoms with Crippen LogP contribution in [0.5, 0.6) is 5.88 Å². The van der Waals surface area contributed by atoms with E-state index < -0.39 is 5.91 Å². The summed E-state index contributed by atoms with van der Waals surface area (Å²) < 4.78 is 8.05. The van der Waals surface area contributed by atoms with Crippen molar-refractivity contribution < 1.29 is 14.3 Å². The first-order valence-electron chi connectivity index (χ1n) is 11.1. The SMILES string of the molecule is COc1cc(C(=O)Nc2c(C)cc3ccnn3c2C(=O)NCCC(C)C)n(-c2ncccc2Cl)n1. The Hall–Kier alpha value is -3.92. The number of rotatable bonds is 8. The van der Waals surface area contributed by atoms with Gasteiger partial charge in [0.2, 0.25) is 5.88 Å². The number of fused-ring (bicyclic) bond motifs is 1. The molecule has 0 saturated heterocycles. The normalized spacial score (nSPS) is 11.1. The van der Waals surface area contributed by atoms with E-state index in [0.717, 1.165) is 11.9 Å². The highest BCUT2D eigenvalue weighted by atomic mass is 35.5. The number of carbonyl (C=O) groups excluding carboxylic acids is 2. The quantitative estimate of drug-likeness (QED) is 0.383. The highest BCUT2D eigenvalue weighted by Crippen LogP contribution is 2.26. The van der Waals surface area contributed by atoms with Crippen molar-refractivity contribution in [3.05, 3.63) is 64.7 Å². The molecule has 11 heteroatoms. The third-order valence-corrected chi connectivity index (χ3v) is 5.70. The number of hydrogen-bond donors (Lipinski definition) is 2. The van der Waals surface area contributed by atoms with E-state index in [9.17, 15) is 9.59 Å². The van der Waals surface area contributed by atoms with Gasteiger partial charge in [0.05, 0.1) is 29.5 Å². The lowest BCUT2D eigenvalue weighted by Crippen LogP contribution is -2.30. The molecule has 4 aromatic rings. The first-order valence-corrected chi connectivity index (χ1v) is 11.5. The monoisotopic (exact) mass is 495 g/mol. The van der Waals surface area contributed by atoms with Gasteiger partial charge in [-0.2, -0.15) is 5.10 Å². The molecule has 0 bridgehead atoms. The minimum atomic E-state index is -0.520. The second-order valence-electron chi connectivity index (χ2n) is 8.40. The van der Waals surface area contributed by atoms with Crippen molar-refractivity contribution in [3.8, 4) is 11.7 Å². The van der Waals surface area contributed by atoms with Gasteiger partial charge in [0.1, 0.15) is 5.69 Å². The Morgan fingerprint density at radius 3 is 2.69 bits per heavy atom. The van der Waals surface area contributed by atoms with Crippen LogP contribution < -0.4 is 15.4 Å². The highest BCUT2D eigenvalue weighted by molar-refractivity contribution is 6.32. The molecule has 4 heterocycles. The number of halogens is 1. The fourth-order valence-corrected chi connectivity index (χ4v) is 3.82. The smallest absolute Gasteiger partial charge is 0.274 e. The van der Waals surface area contributed by atoms with Gasteiger partial charge >= 0.3 is 0 Å². The van der Waals surface area contributed by atoms with Crippen molar-refractivity contribution in [1.82, 2.24) is 29.7 Å². The van der Waals surface area contributed by atoms with Crippen molar-refractivity contribution in [3.63, 3.8) is 0 Å². The highest BCUT2D eigenvalue weighted by Gasteiger charge is 2.25. The van der Waals surface area contributed by atoms with E-state index in [4.69, 9.17) is 16.3 Å². The zero-order valence-corrected chi connectivity index (χ0v) is 20.6. The van der Waals surface area contributed by atoms with Crippen molar-refractivity contribution in [1.29, 1.82) is 0 Å². The molecular weight excluding hydrogens is 470 g/mol. The number of nitrogens with one attached hydrogen (secondary N) is 2. The molecule has 0 unspecified atom stereocenters. The van der Waals surface area contributed by atoms with Crippen LogP contribution in [0.4, 0.5) is 5.69 Å². The average molecular weight is 496 g/mol. The molecule has 4 aromatic heterocycles. The van der Waals surface area contributed by atoms with Crippen LogP contribution >= 0.6 is 11.6 Å². The van der Waals surface area contributed by atoms with Gasteiger partial charge in [0.25, 0.3) is 11.8 Å². The number of aryl methyl sites for hydroxylation is 1. The van der Waals surface area contributed by atoms with Crippen molar-refractivity contribution in [2.75, 3.05) is 19.0 Å². The lowest BCUT2D eigenvalue weighted by atomic mass is 10.1. The summed E-state index contributed by atoms with van der Waals surface area (Å²) in [5.74, 6) is 0.0623. The van der Waals surface area contributed by atoms with Crippen LogP contribution in [0.15, 0.2) is 42.7 Å².